The SMILES string of the molecule is Cc1nc([N+](=O)[O-])c(CN(C)C)n1C. The maximum atomic E-state index is 10.7. The van der Waals surface area contributed by atoms with Gasteiger partial charge in [-0.3, -0.25) is 0 Å². The summed E-state index contributed by atoms with van der Waals surface area (Å²) < 4.78 is 1.75. The normalized spacial score (nSPS) is 10.9. The van der Waals surface area contributed by atoms with E-state index in [9.17, 15) is 10.1 Å². The molecule has 1 rings (SSSR count). The van der Waals surface area contributed by atoms with Crippen molar-refractivity contribution in [1.29, 1.82) is 0 Å². The van der Waals surface area contributed by atoms with Gasteiger partial charge in [0.1, 0.15) is 5.69 Å². The van der Waals surface area contributed by atoms with Crippen molar-refractivity contribution in [2.24, 2.45) is 7.05 Å². The molecule has 0 unspecified atom stereocenters. The second kappa shape index (κ2) is 3.75. The molecular weight excluding hydrogens is 184 g/mol. The molecule has 0 aliphatic carbocycles. The van der Waals surface area contributed by atoms with Crippen molar-refractivity contribution in [3.05, 3.63) is 21.6 Å². The monoisotopic (exact) mass is 198 g/mol. The van der Waals surface area contributed by atoms with Crippen molar-refractivity contribution in [2.75, 3.05) is 14.1 Å². The van der Waals surface area contributed by atoms with Crippen LogP contribution in [0.4, 0.5) is 5.82 Å². The van der Waals surface area contributed by atoms with Gasteiger partial charge in [-0.25, -0.2) is 0 Å². The van der Waals surface area contributed by atoms with Crippen LogP contribution in [0.15, 0.2) is 0 Å². The van der Waals surface area contributed by atoms with E-state index >= 15 is 0 Å². The van der Waals surface area contributed by atoms with Crippen molar-refractivity contribution >= 4 is 5.82 Å². The van der Waals surface area contributed by atoms with E-state index in [1.165, 1.54) is 0 Å². The summed E-state index contributed by atoms with van der Waals surface area (Å²) in [6, 6.07) is 0. The molecule has 0 aliphatic heterocycles. The smallest absolute Gasteiger partial charge is 0.358 e. The van der Waals surface area contributed by atoms with Crippen LogP contribution in [-0.2, 0) is 13.6 Å². The van der Waals surface area contributed by atoms with Crippen LogP contribution < -0.4 is 0 Å². The lowest BCUT2D eigenvalue weighted by molar-refractivity contribution is -0.390. The lowest BCUT2D eigenvalue weighted by Crippen LogP contribution is -2.14. The molecule has 0 saturated heterocycles. The Labute approximate surface area is 82.3 Å². The van der Waals surface area contributed by atoms with E-state index in [0.717, 1.165) is 0 Å². The highest BCUT2D eigenvalue weighted by atomic mass is 16.6. The molecule has 78 valence electrons. The molecular formula is C8H14N4O2. The minimum absolute atomic E-state index is 0.0429. The number of rotatable bonds is 3. The van der Waals surface area contributed by atoms with Gasteiger partial charge in [0.25, 0.3) is 0 Å². The minimum atomic E-state index is -0.439. The zero-order valence-corrected chi connectivity index (χ0v) is 8.81. The predicted molar refractivity (Wildman–Crippen MR) is 52.0 cm³/mol. The standard InChI is InChI=1S/C8H14N4O2/c1-6-9-8(12(13)14)7(11(6)4)5-10(2)3/h5H2,1-4H3. The summed E-state index contributed by atoms with van der Waals surface area (Å²) >= 11 is 0. The third-order valence-corrected chi connectivity index (χ3v) is 2.06. The van der Waals surface area contributed by atoms with Crippen LogP contribution in [0.25, 0.3) is 0 Å². The summed E-state index contributed by atoms with van der Waals surface area (Å²) in [5, 5.41) is 10.7. The van der Waals surface area contributed by atoms with Gasteiger partial charge in [-0.2, -0.15) is 0 Å². The van der Waals surface area contributed by atoms with Gasteiger partial charge in [-0.1, -0.05) is 0 Å². The molecule has 0 aliphatic rings. The average Bonchev–Trinajstić information content (AvgIpc) is 2.32. The Bertz CT molecular complexity index is 356. The number of hydrogen-bond acceptors (Lipinski definition) is 4. The zero-order chi connectivity index (χ0) is 10.9. The van der Waals surface area contributed by atoms with Gasteiger partial charge in [-0.15, -0.1) is 0 Å². The van der Waals surface area contributed by atoms with Crippen LogP contribution >= 0.6 is 0 Å². The Morgan fingerprint density at radius 1 is 1.57 bits per heavy atom. The van der Waals surface area contributed by atoms with E-state index in [1.54, 1.807) is 18.5 Å². The van der Waals surface area contributed by atoms with Crippen LogP contribution in [0.5, 0.6) is 0 Å². The van der Waals surface area contributed by atoms with Crippen LogP contribution in [0.1, 0.15) is 11.5 Å². The third-order valence-electron chi connectivity index (χ3n) is 2.06. The Balaban J connectivity index is 3.16. The maximum Gasteiger partial charge on any atom is 0.386 e. The molecule has 14 heavy (non-hydrogen) atoms. The van der Waals surface area contributed by atoms with Crippen molar-refractivity contribution in [1.82, 2.24) is 14.5 Å². The van der Waals surface area contributed by atoms with Crippen molar-refractivity contribution in [3.8, 4) is 0 Å². The molecule has 6 heteroatoms. The molecule has 0 amide bonds. The van der Waals surface area contributed by atoms with Gasteiger partial charge in [0.2, 0.25) is 5.82 Å². The van der Waals surface area contributed by atoms with Crippen LogP contribution in [0, 0.1) is 17.0 Å². The highest BCUT2D eigenvalue weighted by Gasteiger charge is 2.23. The van der Waals surface area contributed by atoms with E-state index < -0.39 is 4.92 Å². The molecule has 0 aromatic carbocycles. The van der Waals surface area contributed by atoms with Crippen LogP contribution in [0.3, 0.4) is 0 Å². The van der Waals surface area contributed by atoms with Crippen LogP contribution in [0.2, 0.25) is 0 Å². The highest BCUT2D eigenvalue weighted by molar-refractivity contribution is 5.29. The van der Waals surface area contributed by atoms with E-state index in [-0.39, 0.29) is 5.82 Å². The van der Waals surface area contributed by atoms with Gasteiger partial charge in [0.05, 0.1) is 0 Å². The number of nitro groups is 1. The maximum absolute atomic E-state index is 10.7. The predicted octanol–water partition coefficient (Wildman–Crippen LogP) is 0.698. The van der Waals surface area contributed by atoms with Gasteiger partial charge in [0.15, 0.2) is 0 Å². The molecule has 1 aromatic rings. The number of imidazole rings is 1. The first kappa shape index (κ1) is 10.6. The Morgan fingerprint density at radius 2 is 2.14 bits per heavy atom. The topological polar surface area (TPSA) is 64.2 Å². The van der Waals surface area contributed by atoms with E-state index in [2.05, 4.69) is 4.98 Å². The first-order valence-electron chi connectivity index (χ1n) is 4.24. The highest BCUT2D eigenvalue weighted by Crippen LogP contribution is 2.18. The summed E-state index contributed by atoms with van der Waals surface area (Å²) in [6.45, 7) is 2.28. The molecule has 0 spiro atoms. The fourth-order valence-electron chi connectivity index (χ4n) is 1.26. The summed E-state index contributed by atoms with van der Waals surface area (Å²) in [4.78, 5) is 16.0. The molecule has 0 bridgehead atoms. The largest absolute Gasteiger partial charge is 0.386 e. The molecule has 0 atom stereocenters. The number of hydrogen-bond donors (Lipinski definition) is 0. The lowest BCUT2D eigenvalue weighted by atomic mass is 10.4. The minimum Gasteiger partial charge on any atom is -0.358 e. The summed E-state index contributed by atoms with van der Waals surface area (Å²) in [7, 11) is 5.52. The fraction of sp³-hybridized carbons (Fsp3) is 0.625. The molecule has 0 N–H and O–H groups in total. The summed E-state index contributed by atoms with van der Waals surface area (Å²) in [5.41, 5.74) is 0.637. The molecule has 1 heterocycles. The lowest BCUT2D eigenvalue weighted by Gasteiger charge is -2.09. The third kappa shape index (κ3) is 1.90. The second-order valence-electron chi connectivity index (χ2n) is 3.48. The quantitative estimate of drug-likeness (QED) is 0.529. The van der Waals surface area contributed by atoms with Crippen LogP contribution in [-0.4, -0.2) is 33.5 Å². The summed E-state index contributed by atoms with van der Waals surface area (Å²) in [6.07, 6.45) is 0. The second-order valence-corrected chi connectivity index (χ2v) is 3.48. The van der Waals surface area contributed by atoms with Crippen molar-refractivity contribution < 1.29 is 4.92 Å². The number of aromatic nitrogens is 2. The van der Waals surface area contributed by atoms with E-state index in [0.29, 0.717) is 18.1 Å². The average molecular weight is 198 g/mol. The zero-order valence-electron chi connectivity index (χ0n) is 8.81. The van der Waals surface area contributed by atoms with Gasteiger partial charge >= 0.3 is 5.82 Å². The van der Waals surface area contributed by atoms with Crippen molar-refractivity contribution in [3.63, 3.8) is 0 Å². The van der Waals surface area contributed by atoms with Gasteiger partial charge < -0.3 is 19.6 Å². The molecule has 0 fully saturated rings. The molecule has 0 radical (unpaired) electrons. The van der Waals surface area contributed by atoms with E-state index in [1.807, 2.05) is 19.0 Å². The fourth-order valence-corrected chi connectivity index (χ4v) is 1.26. The number of nitrogens with zero attached hydrogens (tertiary/aromatic N) is 4. The van der Waals surface area contributed by atoms with Gasteiger partial charge in [0, 0.05) is 20.5 Å². The molecule has 1 aromatic heterocycles. The number of aryl methyl sites for hydroxylation is 1. The Morgan fingerprint density at radius 3 is 2.57 bits per heavy atom. The first-order valence-corrected chi connectivity index (χ1v) is 4.24. The molecule has 0 saturated carbocycles. The Hall–Kier alpha value is -1.43. The van der Waals surface area contributed by atoms with Crippen molar-refractivity contribution in [2.45, 2.75) is 13.5 Å². The van der Waals surface area contributed by atoms with Gasteiger partial charge in [-0.05, 0) is 24.0 Å². The summed E-state index contributed by atoms with van der Waals surface area (Å²) in [5.74, 6) is 0.618. The molecule has 6 nitrogen and oxygen atoms in total. The Kier molecular flexibility index (Phi) is 2.85. The first-order chi connectivity index (χ1) is 6.43. The van der Waals surface area contributed by atoms with E-state index in [4.69, 9.17) is 0 Å².